The molecule has 0 spiro atoms. The lowest BCUT2D eigenvalue weighted by Gasteiger charge is -2.09. The van der Waals surface area contributed by atoms with Crippen LogP contribution in [0.2, 0.25) is 0 Å². The van der Waals surface area contributed by atoms with Gasteiger partial charge in [0, 0.05) is 19.7 Å². The summed E-state index contributed by atoms with van der Waals surface area (Å²) in [5, 5.41) is 6.35. The Morgan fingerprint density at radius 1 is 1.25 bits per heavy atom. The third-order valence-corrected chi connectivity index (χ3v) is 2.36. The van der Waals surface area contributed by atoms with E-state index in [2.05, 4.69) is 34.4 Å². The van der Waals surface area contributed by atoms with Gasteiger partial charge in [0.2, 0.25) is 0 Å². The number of nitrogens with zero attached hydrogens (tertiary/aromatic N) is 2. The molecule has 0 radical (unpaired) electrons. The zero-order valence-electron chi connectivity index (χ0n) is 10.7. The van der Waals surface area contributed by atoms with Crippen molar-refractivity contribution in [1.82, 2.24) is 9.97 Å². The van der Waals surface area contributed by atoms with Crippen molar-refractivity contribution >= 4 is 11.6 Å². The Morgan fingerprint density at radius 3 is 2.56 bits per heavy atom. The Morgan fingerprint density at radius 2 is 1.94 bits per heavy atom. The van der Waals surface area contributed by atoms with Crippen molar-refractivity contribution in [3.63, 3.8) is 0 Å². The summed E-state index contributed by atoms with van der Waals surface area (Å²) in [4.78, 5) is 8.58. The molecule has 0 aromatic carbocycles. The highest BCUT2D eigenvalue weighted by molar-refractivity contribution is 5.46. The SMILES string of the molecule is CNc1cc(NCCCC(C)C)nc(C)n1. The maximum atomic E-state index is 4.34. The molecule has 0 fully saturated rings. The van der Waals surface area contributed by atoms with E-state index in [4.69, 9.17) is 0 Å². The summed E-state index contributed by atoms with van der Waals surface area (Å²) in [6.45, 7) is 7.36. The van der Waals surface area contributed by atoms with Gasteiger partial charge in [-0.3, -0.25) is 0 Å². The highest BCUT2D eigenvalue weighted by Gasteiger charge is 2.00. The maximum Gasteiger partial charge on any atom is 0.131 e. The Balaban J connectivity index is 2.44. The predicted molar refractivity (Wildman–Crippen MR) is 68.9 cm³/mol. The number of anilines is 2. The number of rotatable bonds is 6. The third kappa shape index (κ3) is 4.47. The molecule has 1 heterocycles. The molecule has 0 saturated carbocycles. The van der Waals surface area contributed by atoms with Crippen LogP contribution in [0.3, 0.4) is 0 Å². The van der Waals surface area contributed by atoms with E-state index in [1.807, 2.05) is 20.0 Å². The molecule has 1 aromatic rings. The van der Waals surface area contributed by atoms with Gasteiger partial charge >= 0.3 is 0 Å². The van der Waals surface area contributed by atoms with Gasteiger partial charge in [-0.1, -0.05) is 13.8 Å². The van der Waals surface area contributed by atoms with Crippen molar-refractivity contribution in [3.8, 4) is 0 Å². The second kappa shape index (κ2) is 6.30. The van der Waals surface area contributed by atoms with E-state index >= 15 is 0 Å². The molecule has 0 bridgehead atoms. The largest absolute Gasteiger partial charge is 0.373 e. The summed E-state index contributed by atoms with van der Waals surface area (Å²) in [5.41, 5.74) is 0. The van der Waals surface area contributed by atoms with Gasteiger partial charge in [-0.05, 0) is 25.7 Å². The van der Waals surface area contributed by atoms with Crippen LogP contribution >= 0.6 is 0 Å². The third-order valence-electron chi connectivity index (χ3n) is 2.36. The van der Waals surface area contributed by atoms with Crippen LogP contribution in [0.25, 0.3) is 0 Å². The van der Waals surface area contributed by atoms with Gasteiger partial charge in [0.15, 0.2) is 0 Å². The Bertz CT molecular complexity index is 323. The van der Waals surface area contributed by atoms with E-state index in [9.17, 15) is 0 Å². The van der Waals surface area contributed by atoms with Crippen molar-refractivity contribution in [1.29, 1.82) is 0 Å². The fourth-order valence-corrected chi connectivity index (χ4v) is 1.51. The van der Waals surface area contributed by atoms with Crippen LogP contribution < -0.4 is 10.6 Å². The van der Waals surface area contributed by atoms with Gasteiger partial charge in [0.1, 0.15) is 17.5 Å². The molecule has 0 aliphatic carbocycles. The van der Waals surface area contributed by atoms with Crippen LogP contribution in [0.4, 0.5) is 11.6 Å². The van der Waals surface area contributed by atoms with Crippen LogP contribution in [0.1, 0.15) is 32.5 Å². The van der Waals surface area contributed by atoms with Crippen molar-refractivity contribution in [2.24, 2.45) is 5.92 Å². The quantitative estimate of drug-likeness (QED) is 0.727. The van der Waals surface area contributed by atoms with E-state index in [1.165, 1.54) is 12.8 Å². The topological polar surface area (TPSA) is 49.8 Å². The molecular formula is C12H22N4. The minimum Gasteiger partial charge on any atom is -0.373 e. The standard InChI is InChI=1S/C12H22N4/c1-9(2)6-5-7-14-12-8-11(13-4)15-10(3)16-12/h8-9H,5-7H2,1-4H3,(H2,13,14,15,16). The lowest BCUT2D eigenvalue weighted by molar-refractivity contribution is 0.566. The van der Waals surface area contributed by atoms with Crippen molar-refractivity contribution in [3.05, 3.63) is 11.9 Å². The average molecular weight is 222 g/mol. The Hall–Kier alpha value is -1.32. The number of hydrogen-bond donors (Lipinski definition) is 2. The first-order valence-corrected chi connectivity index (χ1v) is 5.89. The summed E-state index contributed by atoms with van der Waals surface area (Å²) in [5.74, 6) is 3.32. The summed E-state index contributed by atoms with van der Waals surface area (Å²) in [6, 6.07) is 1.93. The van der Waals surface area contributed by atoms with Crippen LogP contribution in [0.5, 0.6) is 0 Å². The molecule has 4 heteroatoms. The zero-order chi connectivity index (χ0) is 12.0. The first-order valence-electron chi connectivity index (χ1n) is 5.89. The van der Waals surface area contributed by atoms with E-state index in [0.29, 0.717) is 0 Å². The van der Waals surface area contributed by atoms with Crippen LogP contribution in [0, 0.1) is 12.8 Å². The maximum absolute atomic E-state index is 4.34. The molecule has 0 saturated heterocycles. The molecule has 1 aromatic heterocycles. The average Bonchev–Trinajstić information content (AvgIpc) is 2.23. The molecular weight excluding hydrogens is 200 g/mol. The summed E-state index contributed by atoms with van der Waals surface area (Å²) >= 11 is 0. The molecule has 0 aliphatic heterocycles. The summed E-state index contributed by atoms with van der Waals surface area (Å²) in [6.07, 6.45) is 2.42. The van der Waals surface area contributed by atoms with Crippen LogP contribution in [-0.2, 0) is 0 Å². The fourth-order valence-electron chi connectivity index (χ4n) is 1.51. The molecule has 2 N–H and O–H groups in total. The number of hydrogen-bond acceptors (Lipinski definition) is 4. The van der Waals surface area contributed by atoms with Crippen LogP contribution in [-0.4, -0.2) is 23.6 Å². The summed E-state index contributed by atoms with van der Waals surface area (Å²) in [7, 11) is 1.87. The van der Waals surface area contributed by atoms with Gasteiger partial charge in [-0.25, -0.2) is 9.97 Å². The van der Waals surface area contributed by atoms with Crippen molar-refractivity contribution in [2.45, 2.75) is 33.6 Å². The van der Waals surface area contributed by atoms with E-state index in [-0.39, 0.29) is 0 Å². The molecule has 0 amide bonds. The number of nitrogens with one attached hydrogen (secondary N) is 2. The van der Waals surface area contributed by atoms with Crippen LogP contribution in [0.15, 0.2) is 6.07 Å². The number of aromatic nitrogens is 2. The smallest absolute Gasteiger partial charge is 0.131 e. The molecule has 0 unspecified atom stereocenters. The van der Waals surface area contributed by atoms with Gasteiger partial charge in [-0.2, -0.15) is 0 Å². The highest BCUT2D eigenvalue weighted by Crippen LogP contribution is 2.11. The molecule has 4 nitrogen and oxygen atoms in total. The number of aryl methyl sites for hydroxylation is 1. The second-order valence-electron chi connectivity index (χ2n) is 4.40. The Labute approximate surface area is 97.9 Å². The monoisotopic (exact) mass is 222 g/mol. The first-order chi connectivity index (χ1) is 7.61. The normalized spacial score (nSPS) is 10.6. The molecule has 1 rings (SSSR count). The lowest BCUT2D eigenvalue weighted by Crippen LogP contribution is -2.07. The van der Waals surface area contributed by atoms with Gasteiger partial charge in [0.05, 0.1) is 0 Å². The lowest BCUT2D eigenvalue weighted by atomic mass is 10.1. The minimum atomic E-state index is 0.766. The minimum absolute atomic E-state index is 0.766. The summed E-state index contributed by atoms with van der Waals surface area (Å²) < 4.78 is 0. The Kier molecular flexibility index (Phi) is 5.02. The van der Waals surface area contributed by atoms with E-state index in [0.717, 1.165) is 29.9 Å². The first kappa shape index (κ1) is 12.7. The van der Waals surface area contributed by atoms with E-state index in [1.54, 1.807) is 0 Å². The van der Waals surface area contributed by atoms with E-state index < -0.39 is 0 Å². The fraction of sp³-hybridized carbons (Fsp3) is 0.667. The van der Waals surface area contributed by atoms with Gasteiger partial charge < -0.3 is 10.6 Å². The second-order valence-corrected chi connectivity index (χ2v) is 4.40. The molecule has 16 heavy (non-hydrogen) atoms. The van der Waals surface area contributed by atoms with Gasteiger partial charge in [-0.15, -0.1) is 0 Å². The highest BCUT2D eigenvalue weighted by atomic mass is 15.1. The zero-order valence-corrected chi connectivity index (χ0v) is 10.7. The van der Waals surface area contributed by atoms with Crippen molar-refractivity contribution < 1.29 is 0 Å². The van der Waals surface area contributed by atoms with Gasteiger partial charge in [0.25, 0.3) is 0 Å². The molecule has 90 valence electrons. The molecule has 0 atom stereocenters. The predicted octanol–water partition coefficient (Wildman–Crippen LogP) is 2.67. The van der Waals surface area contributed by atoms with Crippen molar-refractivity contribution in [2.75, 3.05) is 24.2 Å². The molecule has 0 aliphatic rings.